The lowest BCUT2D eigenvalue weighted by Gasteiger charge is -2.20. The molecule has 0 atom stereocenters. The molecule has 0 fully saturated rings. The molecular weight excluding hydrogens is 266 g/mol. The molecule has 1 aromatic heterocycles. The summed E-state index contributed by atoms with van der Waals surface area (Å²) in [4.78, 5) is 7.05. The van der Waals surface area contributed by atoms with E-state index in [0.29, 0.717) is 6.04 Å². The number of aryl methyl sites for hydroxylation is 1. The van der Waals surface area contributed by atoms with Crippen LogP contribution >= 0.6 is 11.8 Å². The van der Waals surface area contributed by atoms with Crippen LogP contribution in [0.3, 0.4) is 0 Å². The minimum Gasteiger partial charge on any atom is -0.359 e. The maximum absolute atomic E-state index is 4.79. The summed E-state index contributed by atoms with van der Waals surface area (Å²) in [6.45, 7) is 8.53. The van der Waals surface area contributed by atoms with Crippen molar-refractivity contribution < 1.29 is 0 Å². The lowest BCUT2D eigenvalue weighted by Crippen LogP contribution is -2.24. The normalized spacial score (nSPS) is 11.1. The predicted octanol–water partition coefficient (Wildman–Crippen LogP) is 3.33. The van der Waals surface area contributed by atoms with Crippen molar-refractivity contribution in [2.45, 2.75) is 46.2 Å². The number of anilines is 1. The van der Waals surface area contributed by atoms with Crippen LogP contribution in [0.5, 0.6) is 0 Å². The van der Waals surface area contributed by atoms with E-state index in [4.69, 9.17) is 4.98 Å². The zero-order valence-electron chi connectivity index (χ0n) is 13.6. The van der Waals surface area contributed by atoms with Crippen LogP contribution in [0.15, 0.2) is 12.1 Å². The lowest BCUT2D eigenvalue weighted by atomic mass is 10.1. The molecule has 0 aliphatic heterocycles. The standard InChI is InChI=1S/C16H29N3S/c1-6-7-15-10-14(12-17-13(2)3)11-16(18-15)19(4)8-9-20-5/h10-11,13,17H,6-9,12H2,1-5H3. The lowest BCUT2D eigenvalue weighted by molar-refractivity contribution is 0.588. The molecule has 0 amide bonds. The van der Waals surface area contributed by atoms with Gasteiger partial charge in [-0.1, -0.05) is 27.2 Å². The van der Waals surface area contributed by atoms with Crippen LogP contribution < -0.4 is 10.2 Å². The highest BCUT2D eigenvalue weighted by Gasteiger charge is 2.07. The van der Waals surface area contributed by atoms with Gasteiger partial charge in [-0.25, -0.2) is 4.98 Å². The Morgan fingerprint density at radius 1 is 1.35 bits per heavy atom. The van der Waals surface area contributed by atoms with Crippen LogP contribution in [-0.2, 0) is 13.0 Å². The molecule has 0 saturated carbocycles. The summed E-state index contributed by atoms with van der Waals surface area (Å²) in [7, 11) is 2.13. The van der Waals surface area contributed by atoms with Gasteiger partial charge in [-0.05, 0) is 30.4 Å². The van der Waals surface area contributed by atoms with E-state index in [0.717, 1.165) is 37.5 Å². The van der Waals surface area contributed by atoms with E-state index in [9.17, 15) is 0 Å². The van der Waals surface area contributed by atoms with E-state index in [1.165, 1.54) is 11.3 Å². The van der Waals surface area contributed by atoms with Gasteiger partial charge in [0.25, 0.3) is 0 Å². The molecule has 20 heavy (non-hydrogen) atoms. The Bertz CT molecular complexity index is 393. The van der Waals surface area contributed by atoms with Crippen molar-refractivity contribution in [1.82, 2.24) is 10.3 Å². The first kappa shape index (κ1) is 17.3. The third-order valence-corrected chi connectivity index (χ3v) is 3.76. The Morgan fingerprint density at radius 2 is 2.10 bits per heavy atom. The summed E-state index contributed by atoms with van der Waals surface area (Å²) in [5, 5.41) is 3.49. The van der Waals surface area contributed by atoms with Gasteiger partial charge in [0.1, 0.15) is 5.82 Å². The van der Waals surface area contributed by atoms with E-state index in [-0.39, 0.29) is 0 Å². The summed E-state index contributed by atoms with van der Waals surface area (Å²) in [5.74, 6) is 2.24. The van der Waals surface area contributed by atoms with Gasteiger partial charge in [-0.2, -0.15) is 11.8 Å². The molecule has 114 valence electrons. The molecule has 0 bridgehead atoms. The zero-order chi connectivity index (χ0) is 15.0. The molecule has 1 rings (SSSR count). The van der Waals surface area contributed by atoms with Crippen molar-refractivity contribution in [2.24, 2.45) is 0 Å². The second-order valence-electron chi connectivity index (χ2n) is 5.52. The van der Waals surface area contributed by atoms with Crippen LogP contribution in [0.2, 0.25) is 0 Å². The molecule has 1 heterocycles. The van der Waals surface area contributed by atoms with Crippen LogP contribution in [0, 0.1) is 0 Å². The number of rotatable bonds is 9. The third kappa shape index (κ3) is 6.14. The van der Waals surface area contributed by atoms with Gasteiger partial charge < -0.3 is 10.2 Å². The highest BCUT2D eigenvalue weighted by Crippen LogP contribution is 2.16. The molecule has 0 spiro atoms. The summed E-state index contributed by atoms with van der Waals surface area (Å²) in [6.07, 6.45) is 4.34. The van der Waals surface area contributed by atoms with Gasteiger partial charge in [0.15, 0.2) is 0 Å². The van der Waals surface area contributed by atoms with E-state index in [2.05, 4.69) is 56.4 Å². The molecule has 0 aliphatic carbocycles. The Hall–Kier alpha value is -0.740. The summed E-state index contributed by atoms with van der Waals surface area (Å²) in [5.41, 5.74) is 2.55. The highest BCUT2D eigenvalue weighted by molar-refractivity contribution is 7.98. The van der Waals surface area contributed by atoms with Crippen molar-refractivity contribution in [1.29, 1.82) is 0 Å². The van der Waals surface area contributed by atoms with Crippen LogP contribution in [-0.4, -0.2) is 36.6 Å². The number of hydrogen-bond donors (Lipinski definition) is 1. The largest absolute Gasteiger partial charge is 0.359 e. The average molecular weight is 295 g/mol. The molecule has 0 aromatic carbocycles. The highest BCUT2D eigenvalue weighted by atomic mass is 32.2. The van der Waals surface area contributed by atoms with Crippen molar-refractivity contribution in [2.75, 3.05) is 30.5 Å². The quantitative estimate of drug-likeness (QED) is 0.756. The smallest absolute Gasteiger partial charge is 0.128 e. The molecule has 0 radical (unpaired) electrons. The molecule has 0 saturated heterocycles. The van der Waals surface area contributed by atoms with Crippen molar-refractivity contribution in [3.8, 4) is 0 Å². The number of thioether (sulfide) groups is 1. The van der Waals surface area contributed by atoms with Gasteiger partial charge in [0.2, 0.25) is 0 Å². The first-order chi connectivity index (χ1) is 9.56. The molecule has 3 nitrogen and oxygen atoms in total. The van der Waals surface area contributed by atoms with Crippen molar-refractivity contribution >= 4 is 17.6 Å². The van der Waals surface area contributed by atoms with Crippen molar-refractivity contribution in [3.63, 3.8) is 0 Å². The van der Waals surface area contributed by atoms with Crippen LogP contribution in [0.4, 0.5) is 5.82 Å². The third-order valence-electron chi connectivity index (χ3n) is 3.17. The minimum absolute atomic E-state index is 0.510. The Morgan fingerprint density at radius 3 is 2.70 bits per heavy atom. The molecular formula is C16H29N3S. The second-order valence-corrected chi connectivity index (χ2v) is 6.51. The summed E-state index contributed by atoms with van der Waals surface area (Å²) >= 11 is 1.88. The van der Waals surface area contributed by atoms with E-state index in [1.807, 2.05) is 11.8 Å². The first-order valence-corrected chi connectivity index (χ1v) is 8.89. The van der Waals surface area contributed by atoms with E-state index >= 15 is 0 Å². The van der Waals surface area contributed by atoms with Gasteiger partial charge in [-0.3, -0.25) is 0 Å². The van der Waals surface area contributed by atoms with Crippen LogP contribution in [0.25, 0.3) is 0 Å². The molecule has 0 aliphatic rings. The number of pyridine rings is 1. The molecule has 0 unspecified atom stereocenters. The van der Waals surface area contributed by atoms with E-state index < -0.39 is 0 Å². The van der Waals surface area contributed by atoms with E-state index in [1.54, 1.807) is 0 Å². The summed E-state index contributed by atoms with van der Waals surface area (Å²) < 4.78 is 0. The Labute approximate surface area is 128 Å². The fourth-order valence-corrected chi connectivity index (χ4v) is 2.44. The number of nitrogens with one attached hydrogen (secondary N) is 1. The number of hydrogen-bond acceptors (Lipinski definition) is 4. The minimum atomic E-state index is 0.510. The second kappa shape index (κ2) is 9.24. The Kier molecular flexibility index (Phi) is 8.00. The molecule has 1 N–H and O–H groups in total. The molecule has 1 aromatic rings. The maximum Gasteiger partial charge on any atom is 0.128 e. The first-order valence-electron chi connectivity index (χ1n) is 7.50. The zero-order valence-corrected chi connectivity index (χ0v) is 14.4. The topological polar surface area (TPSA) is 28.2 Å². The number of aromatic nitrogens is 1. The maximum atomic E-state index is 4.79. The molecule has 4 heteroatoms. The summed E-state index contributed by atoms with van der Waals surface area (Å²) in [6, 6.07) is 4.97. The average Bonchev–Trinajstić information content (AvgIpc) is 2.42. The monoisotopic (exact) mass is 295 g/mol. The van der Waals surface area contributed by atoms with Gasteiger partial charge in [0, 0.05) is 37.6 Å². The van der Waals surface area contributed by atoms with Gasteiger partial charge in [0.05, 0.1) is 0 Å². The van der Waals surface area contributed by atoms with Crippen molar-refractivity contribution in [3.05, 3.63) is 23.4 Å². The SMILES string of the molecule is CCCc1cc(CNC(C)C)cc(N(C)CCSC)n1. The van der Waals surface area contributed by atoms with Gasteiger partial charge in [-0.15, -0.1) is 0 Å². The predicted molar refractivity (Wildman–Crippen MR) is 91.9 cm³/mol. The Balaban J connectivity index is 2.85. The number of nitrogens with zero attached hydrogens (tertiary/aromatic N) is 2. The van der Waals surface area contributed by atoms with Gasteiger partial charge >= 0.3 is 0 Å². The van der Waals surface area contributed by atoms with Crippen LogP contribution in [0.1, 0.15) is 38.4 Å². The fraction of sp³-hybridized carbons (Fsp3) is 0.688. The fourth-order valence-electron chi connectivity index (χ4n) is 1.98.